The summed E-state index contributed by atoms with van der Waals surface area (Å²) in [6.45, 7) is 4.14. The summed E-state index contributed by atoms with van der Waals surface area (Å²) in [6.07, 6.45) is 1.77. The number of rotatable bonds is 5. The van der Waals surface area contributed by atoms with Crippen LogP contribution in [0.25, 0.3) is 0 Å². The highest BCUT2D eigenvalue weighted by molar-refractivity contribution is 7.09. The summed E-state index contributed by atoms with van der Waals surface area (Å²) in [5, 5.41) is 5.19. The standard InChI is InChI=1S/C20H24N2O3S/c23-20(19-14-24-17-7-1-2-8-18(17)25-19)21-11-15-5-3-9-22(12-15)13-16-6-4-10-26-16/h1-2,4,6-8,10,15,19H,3,5,9,11-14H2,(H,21,23)/t15-,19-/m1/s1. The second-order valence-electron chi connectivity index (χ2n) is 6.93. The van der Waals surface area contributed by atoms with Crippen molar-refractivity contribution in [2.24, 2.45) is 5.92 Å². The third kappa shape index (κ3) is 4.19. The zero-order valence-corrected chi connectivity index (χ0v) is 15.5. The van der Waals surface area contributed by atoms with E-state index in [1.54, 1.807) is 0 Å². The quantitative estimate of drug-likeness (QED) is 0.877. The number of hydrogen-bond donors (Lipinski definition) is 1. The Morgan fingerprint density at radius 3 is 2.96 bits per heavy atom. The van der Waals surface area contributed by atoms with Gasteiger partial charge in [0.2, 0.25) is 6.10 Å². The molecule has 5 nitrogen and oxygen atoms in total. The molecular formula is C20H24N2O3S. The van der Waals surface area contributed by atoms with E-state index in [1.807, 2.05) is 35.6 Å². The average Bonchev–Trinajstić information content (AvgIpc) is 3.19. The van der Waals surface area contributed by atoms with Crippen molar-refractivity contribution in [3.05, 3.63) is 46.7 Å². The van der Waals surface area contributed by atoms with Crippen molar-refractivity contribution in [3.8, 4) is 11.5 Å². The molecule has 26 heavy (non-hydrogen) atoms. The van der Waals surface area contributed by atoms with Gasteiger partial charge in [0, 0.05) is 24.5 Å². The number of piperidine rings is 1. The van der Waals surface area contributed by atoms with E-state index in [9.17, 15) is 4.79 Å². The van der Waals surface area contributed by atoms with E-state index >= 15 is 0 Å². The Kier molecular flexibility index (Phi) is 5.41. The molecule has 2 aliphatic rings. The van der Waals surface area contributed by atoms with Gasteiger partial charge >= 0.3 is 0 Å². The lowest BCUT2D eigenvalue weighted by Gasteiger charge is -2.33. The van der Waals surface area contributed by atoms with E-state index in [4.69, 9.17) is 9.47 Å². The van der Waals surface area contributed by atoms with Crippen LogP contribution in [0.3, 0.4) is 0 Å². The molecule has 0 radical (unpaired) electrons. The topological polar surface area (TPSA) is 50.8 Å². The van der Waals surface area contributed by atoms with Crippen molar-refractivity contribution in [1.29, 1.82) is 0 Å². The highest BCUT2D eigenvalue weighted by Gasteiger charge is 2.28. The third-order valence-electron chi connectivity index (χ3n) is 4.93. The normalized spacial score (nSPS) is 22.8. The molecular weight excluding hydrogens is 348 g/mol. The molecule has 0 unspecified atom stereocenters. The molecule has 0 bridgehead atoms. The summed E-state index contributed by atoms with van der Waals surface area (Å²) in [5.74, 6) is 1.74. The number of carbonyl (C=O) groups is 1. The molecule has 2 aliphatic heterocycles. The fourth-order valence-electron chi connectivity index (χ4n) is 3.59. The van der Waals surface area contributed by atoms with E-state index in [0.717, 1.165) is 26.1 Å². The molecule has 1 aromatic carbocycles. The maximum atomic E-state index is 12.5. The molecule has 2 aromatic rings. The van der Waals surface area contributed by atoms with Gasteiger partial charge in [0.1, 0.15) is 6.61 Å². The van der Waals surface area contributed by atoms with Crippen LogP contribution in [0.1, 0.15) is 17.7 Å². The number of fused-ring (bicyclic) bond motifs is 1. The van der Waals surface area contributed by atoms with Crippen LogP contribution in [0.4, 0.5) is 0 Å². The number of nitrogens with one attached hydrogen (secondary N) is 1. The van der Waals surface area contributed by atoms with Crippen LogP contribution in [0.15, 0.2) is 41.8 Å². The number of nitrogens with zero attached hydrogens (tertiary/aromatic N) is 1. The van der Waals surface area contributed by atoms with Crippen LogP contribution in [-0.2, 0) is 11.3 Å². The molecule has 138 valence electrons. The third-order valence-corrected chi connectivity index (χ3v) is 5.79. The first-order valence-corrected chi connectivity index (χ1v) is 10.1. The Balaban J connectivity index is 1.25. The van der Waals surface area contributed by atoms with Gasteiger partial charge in [-0.1, -0.05) is 18.2 Å². The molecule has 0 saturated carbocycles. The Bertz CT molecular complexity index is 734. The molecule has 1 aromatic heterocycles. The number of para-hydroxylation sites is 2. The number of benzene rings is 1. The van der Waals surface area contributed by atoms with Crippen LogP contribution in [-0.4, -0.2) is 43.2 Å². The molecule has 6 heteroatoms. The van der Waals surface area contributed by atoms with E-state index in [-0.39, 0.29) is 12.5 Å². The van der Waals surface area contributed by atoms with E-state index in [2.05, 4.69) is 27.7 Å². The molecule has 0 aliphatic carbocycles. The number of hydrogen-bond acceptors (Lipinski definition) is 5. The lowest BCUT2D eigenvalue weighted by Crippen LogP contribution is -2.47. The predicted octanol–water partition coefficient (Wildman–Crippen LogP) is 2.92. The Hall–Kier alpha value is -2.05. The molecule has 1 N–H and O–H groups in total. The smallest absolute Gasteiger partial charge is 0.264 e. The van der Waals surface area contributed by atoms with Crippen LogP contribution in [0.2, 0.25) is 0 Å². The van der Waals surface area contributed by atoms with Gasteiger partial charge in [-0.25, -0.2) is 0 Å². The second-order valence-corrected chi connectivity index (χ2v) is 7.96. The van der Waals surface area contributed by atoms with Crippen molar-refractivity contribution in [3.63, 3.8) is 0 Å². The van der Waals surface area contributed by atoms with Gasteiger partial charge in [0.15, 0.2) is 11.5 Å². The molecule has 2 atom stereocenters. The molecule has 1 saturated heterocycles. The number of carbonyl (C=O) groups excluding carboxylic acids is 1. The molecule has 1 amide bonds. The lowest BCUT2D eigenvalue weighted by molar-refractivity contribution is -0.130. The number of amides is 1. The van der Waals surface area contributed by atoms with Gasteiger partial charge in [0.25, 0.3) is 5.91 Å². The van der Waals surface area contributed by atoms with Crippen LogP contribution >= 0.6 is 11.3 Å². The van der Waals surface area contributed by atoms with Gasteiger partial charge in [0.05, 0.1) is 0 Å². The summed E-state index contributed by atoms with van der Waals surface area (Å²) in [5.41, 5.74) is 0. The summed E-state index contributed by atoms with van der Waals surface area (Å²) >= 11 is 1.81. The maximum absolute atomic E-state index is 12.5. The minimum absolute atomic E-state index is 0.0881. The van der Waals surface area contributed by atoms with E-state index < -0.39 is 6.10 Å². The first kappa shape index (κ1) is 17.4. The summed E-state index contributed by atoms with van der Waals surface area (Å²) in [7, 11) is 0. The second kappa shape index (κ2) is 8.10. The van der Waals surface area contributed by atoms with Crippen LogP contribution < -0.4 is 14.8 Å². The van der Waals surface area contributed by atoms with Crippen molar-refractivity contribution >= 4 is 17.2 Å². The van der Waals surface area contributed by atoms with Crippen molar-refractivity contribution in [2.45, 2.75) is 25.5 Å². The zero-order chi connectivity index (χ0) is 17.8. The molecule has 1 fully saturated rings. The van der Waals surface area contributed by atoms with Gasteiger partial charge in [-0.05, 0) is 48.9 Å². The minimum atomic E-state index is -0.573. The van der Waals surface area contributed by atoms with Gasteiger partial charge < -0.3 is 14.8 Å². The van der Waals surface area contributed by atoms with E-state index in [0.29, 0.717) is 24.0 Å². The SMILES string of the molecule is O=C(NC[C@H]1CCCN(Cc2cccs2)C1)[C@H]1COc2ccccc2O1. The first-order valence-electron chi connectivity index (χ1n) is 9.19. The molecule has 4 rings (SSSR count). The molecule has 0 spiro atoms. The first-order chi connectivity index (χ1) is 12.8. The molecule has 3 heterocycles. The number of thiophene rings is 1. The summed E-state index contributed by atoms with van der Waals surface area (Å²) < 4.78 is 11.4. The van der Waals surface area contributed by atoms with Crippen molar-refractivity contribution in [2.75, 3.05) is 26.2 Å². The summed E-state index contributed by atoms with van der Waals surface area (Å²) in [6, 6.07) is 11.8. The van der Waals surface area contributed by atoms with Gasteiger partial charge in [-0.3, -0.25) is 9.69 Å². The summed E-state index contributed by atoms with van der Waals surface area (Å²) in [4.78, 5) is 16.4. The number of ether oxygens (including phenoxy) is 2. The monoisotopic (exact) mass is 372 g/mol. The zero-order valence-electron chi connectivity index (χ0n) is 14.7. The number of likely N-dealkylation sites (tertiary alicyclic amines) is 1. The van der Waals surface area contributed by atoms with Crippen LogP contribution in [0.5, 0.6) is 11.5 Å². The van der Waals surface area contributed by atoms with E-state index in [1.165, 1.54) is 11.3 Å². The fraction of sp³-hybridized carbons (Fsp3) is 0.450. The van der Waals surface area contributed by atoms with Gasteiger partial charge in [-0.15, -0.1) is 11.3 Å². The van der Waals surface area contributed by atoms with Crippen molar-refractivity contribution in [1.82, 2.24) is 10.2 Å². The lowest BCUT2D eigenvalue weighted by atomic mass is 9.98. The Labute approximate surface area is 157 Å². The fourth-order valence-corrected chi connectivity index (χ4v) is 4.34. The highest BCUT2D eigenvalue weighted by atomic mass is 32.1. The largest absolute Gasteiger partial charge is 0.485 e. The highest BCUT2D eigenvalue weighted by Crippen LogP contribution is 2.30. The van der Waals surface area contributed by atoms with Crippen molar-refractivity contribution < 1.29 is 14.3 Å². The Morgan fingerprint density at radius 2 is 2.12 bits per heavy atom. The predicted molar refractivity (Wildman–Crippen MR) is 102 cm³/mol. The van der Waals surface area contributed by atoms with Gasteiger partial charge in [-0.2, -0.15) is 0 Å². The average molecular weight is 372 g/mol. The maximum Gasteiger partial charge on any atom is 0.264 e. The minimum Gasteiger partial charge on any atom is -0.485 e. The van der Waals surface area contributed by atoms with Crippen LogP contribution in [0, 0.1) is 5.92 Å². The Morgan fingerprint density at radius 1 is 1.23 bits per heavy atom.